The second kappa shape index (κ2) is 9.36. The third-order valence-electron chi connectivity index (χ3n) is 3.50. The predicted molar refractivity (Wildman–Crippen MR) is 102 cm³/mol. The zero-order valence-corrected chi connectivity index (χ0v) is 15.0. The Hall–Kier alpha value is -2.16. The number of nitrogens with zero attached hydrogens (tertiary/aromatic N) is 1. The number of para-hydroxylation sites is 1. The molecule has 0 unspecified atom stereocenters. The van der Waals surface area contributed by atoms with Crippen LogP contribution in [-0.4, -0.2) is 38.0 Å². The molecule has 1 fully saturated rings. The number of carbonyl (C=O) groups excluding carboxylic acids is 1. The summed E-state index contributed by atoms with van der Waals surface area (Å²) in [6.45, 7) is 0.427. The molecule has 3 N–H and O–H groups in total. The lowest BCUT2D eigenvalue weighted by molar-refractivity contribution is -0.137. The van der Waals surface area contributed by atoms with Gasteiger partial charge in [0.2, 0.25) is 0 Å². The average molecular weight is 378 g/mol. The van der Waals surface area contributed by atoms with Gasteiger partial charge in [-0.05, 0) is 30.5 Å². The summed E-state index contributed by atoms with van der Waals surface area (Å²) in [4.78, 5) is 24.9. The van der Waals surface area contributed by atoms with Crippen LogP contribution < -0.4 is 5.48 Å². The summed E-state index contributed by atoms with van der Waals surface area (Å²) in [7, 11) is 0. The monoisotopic (exact) mass is 378 g/mol. The normalized spacial score (nSPS) is 16.2. The van der Waals surface area contributed by atoms with Crippen LogP contribution in [0.2, 0.25) is 0 Å². The standard InChI is InChI=1S/C17H18N2O4S2/c20-15(21)10-3-4-11-19-16(22)14(25-17(19)24)9-5-7-12-6-1-2-8-13(12)18-23/h1-2,5-9,18,23H,3-4,10-11H2,(H,20,21)/b7-5+,14-9-. The van der Waals surface area contributed by atoms with Crippen molar-refractivity contribution in [2.75, 3.05) is 12.0 Å². The molecule has 25 heavy (non-hydrogen) atoms. The van der Waals surface area contributed by atoms with Crippen molar-refractivity contribution in [1.82, 2.24) is 4.90 Å². The minimum atomic E-state index is -0.840. The Morgan fingerprint density at radius 3 is 2.80 bits per heavy atom. The second-order valence-corrected chi connectivity index (χ2v) is 6.94. The molecule has 0 aliphatic carbocycles. The van der Waals surface area contributed by atoms with Crippen LogP contribution in [-0.2, 0) is 9.59 Å². The lowest BCUT2D eigenvalue weighted by Crippen LogP contribution is -2.29. The molecule has 1 aliphatic rings. The Balaban J connectivity index is 1.97. The van der Waals surface area contributed by atoms with Crippen molar-refractivity contribution in [3.05, 3.63) is 46.9 Å². The van der Waals surface area contributed by atoms with Gasteiger partial charge in [-0.1, -0.05) is 54.3 Å². The molecule has 0 bridgehead atoms. The molecule has 2 rings (SSSR count). The van der Waals surface area contributed by atoms with Crippen molar-refractivity contribution in [2.45, 2.75) is 19.3 Å². The second-order valence-electron chi connectivity index (χ2n) is 5.26. The first-order valence-corrected chi connectivity index (χ1v) is 8.88. The molecular formula is C17H18N2O4S2. The molecule has 1 amide bonds. The van der Waals surface area contributed by atoms with E-state index in [1.807, 2.05) is 12.1 Å². The smallest absolute Gasteiger partial charge is 0.303 e. The first kappa shape index (κ1) is 19.2. The molecule has 0 atom stereocenters. The van der Waals surface area contributed by atoms with Gasteiger partial charge < -0.3 is 5.11 Å². The SMILES string of the molecule is O=C(O)CCCCN1C(=O)/C(=C/C=C/c2ccccc2NO)SC1=S. The summed E-state index contributed by atoms with van der Waals surface area (Å²) in [5, 5.41) is 17.7. The molecule has 1 saturated heterocycles. The number of hydrogen-bond acceptors (Lipinski definition) is 6. The fraction of sp³-hybridized carbons (Fsp3) is 0.235. The number of benzene rings is 1. The fourth-order valence-electron chi connectivity index (χ4n) is 2.24. The van der Waals surface area contributed by atoms with Gasteiger partial charge in [-0.15, -0.1) is 0 Å². The number of nitrogens with one attached hydrogen (secondary N) is 1. The van der Waals surface area contributed by atoms with E-state index in [0.717, 1.165) is 5.56 Å². The Bertz CT molecular complexity index is 731. The molecule has 0 radical (unpaired) electrons. The Kier molecular flexibility index (Phi) is 7.17. The van der Waals surface area contributed by atoms with Gasteiger partial charge in [-0.3, -0.25) is 25.2 Å². The quantitative estimate of drug-likeness (QED) is 0.276. The van der Waals surface area contributed by atoms with Crippen molar-refractivity contribution < 1.29 is 19.9 Å². The molecule has 8 heteroatoms. The summed E-state index contributed by atoms with van der Waals surface area (Å²) in [5.74, 6) is -1.00. The van der Waals surface area contributed by atoms with E-state index in [1.165, 1.54) is 16.7 Å². The van der Waals surface area contributed by atoms with Crippen molar-refractivity contribution in [3.8, 4) is 0 Å². The van der Waals surface area contributed by atoms with Crippen LogP contribution in [0, 0.1) is 0 Å². The molecule has 1 aliphatic heterocycles. The highest BCUT2D eigenvalue weighted by Gasteiger charge is 2.30. The van der Waals surface area contributed by atoms with Crippen LogP contribution in [0.15, 0.2) is 41.3 Å². The van der Waals surface area contributed by atoms with Crippen molar-refractivity contribution in [2.24, 2.45) is 0 Å². The van der Waals surface area contributed by atoms with Gasteiger partial charge in [0.25, 0.3) is 5.91 Å². The summed E-state index contributed by atoms with van der Waals surface area (Å²) in [6, 6.07) is 7.20. The first-order chi connectivity index (χ1) is 12.0. The lowest BCUT2D eigenvalue weighted by Gasteiger charge is -2.13. The highest BCUT2D eigenvalue weighted by Crippen LogP contribution is 2.31. The maximum Gasteiger partial charge on any atom is 0.303 e. The van der Waals surface area contributed by atoms with Gasteiger partial charge >= 0.3 is 5.97 Å². The number of carbonyl (C=O) groups is 2. The van der Waals surface area contributed by atoms with Crippen molar-refractivity contribution >= 4 is 51.9 Å². The Morgan fingerprint density at radius 2 is 2.08 bits per heavy atom. The van der Waals surface area contributed by atoms with Crippen LogP contribution in [0.25, 0.3) is 6.08 Å². The van der Waals surface area contributed by atoms with E-state index in [0.29, 0.717) is 34.3 Å². The largest absolute Gasteiger partial charge is 0.481 e. The van der Waals surface area contributed by atoms with Gasteiger partial charge in [-0.2, -0.15) is 0 Å². The summed E-state index contributed by atoms with van der Waals surface area (Å²) >= 11 is 6.45. The number of aliphatic carboxylic acids is 1. The van der Waals surface area contributed by atoms with Crippen LogP contribution in [0.3, 0.4) is 0 Å². The van der Waals surface area contributed by atoms with Gasteiger partial charge in [0.1, 0.15) is 4.32 Å². The summed E-state index contributed by atoms with van der Waals surface area (Å²) in [6.07, 6.45) is 6.38. The van der Waals surface area contributed by atoms with Crippen LogP contribution >= 0.6 is 24.0 Å². The number of anilines is 1. The number of allylic oxidation sites excluding steroid dienone is 2. The number of thiocarbonyl (C=S) groups is 1. The number of amides is 1. The molecule has 6 nitrogen and oxygen atoms in total. The zero-order chi connectivity index (χ0) is 18.2. The highest BCUT2D eigenvalue weighted by molar-refractivity contribution is 8.26. The predicted octanol–water partition coefficient (Wildman–Crippen LogP) is 3.50. The van der Waals surface area contributed by atoms with Gasteiger partial charge in [0.05, 0.1) is 10.6 Å². The molecule has 1 aromatic carbocycles. The third kappa shape index (κ3) is 5.42. The van der Waals surface area contributed by atoms with E-state index >= 15 is 0 Å². The van der Waals surface area contributed by atoms with E-state index in [4.69, 9.17) is 22.5 Å². The Labute approximate surface area is 155 Å². The number of unbranched alkanes of at least 4 members (excludes halogenated alkanes) is 1. The highest BCUT2D eigenvalue weighted by atomic mass is 32.2. The van der Waals surface area contributed by atoms with E-state index < -0.39 is 5.97 Å². The maximum absolute atomic E-state index is 12.4. The van der Waals surface area contributed by atoms with Gasteiger partial charge in [0.15, 0.2) is 0 Å². The number of thioether (sulfide) groups is 1. The average Bonchev–Trinajstić information content (AvgIpc) is 2.86. The van der Waals surface area contributed by atoms with Gasteiger partial charge in [-0.25, -0.2) is 0 Å². The van der Waals surface area contributed by atoms with Gasteiger partial charge in [0, 0.05) is 13.0 Å². The summed E-state index contributed by atoms with van der Waals surface area (Å²) < 4.78 is 0.484. The minimum absolute atomic E-state index is 0.0890. The number of carboxylic acid groups (broad SMARTS) is 1. The maximum atomic E-state index is 12.4. The van der Waals surface area contributed by atoms with Crippen molar-refractivity contribution in [1.29, 1.82) is 0 Å². The fourth-order valence-corrected chi connectivity index (χ4v) is 3.50. The van der Waals surface area contributed by atoms with E-state index in [9.17, 15) is 9.59 Å². The topological polar surface area (TPSA) is 89.9 Å². The van der Waals surface area contributed by atoms with E-state index in [1.54, 1.807) is 30.4 Å². The van der Waals surface area contributed by atoms with Crippen LogP contribution in [0.1, 0.15) is 24.8 Å². The van der Waals surface area contributed by atoms with Crippen LogP contribution in [0.4, 0.5) is 5.69 Å². The van der Waals surface area contributed by atoms with Crippen LogP contribution in [0.5, 0.6) is 0 Å². The molecule has 1 aromatic rings. The number of hydrogen-bond donors (Lipinski definition) is 3. The molecule has 1 heterocycles. The zero-order valence-electron chi connectivity index (χ0n) is 13.3. The molecule has 0 aromatic heterocycles. The first-order valence-electron chi connectivity index (χ1n) is 7.66. The number of rotatable bonds is 8. The molecule has 132 valence electrons. The van der Waals surface area contributed by atoms with E-state index in [-0.39, 0.29) is 12.3 Å². The minimum Gasteiger partial charge on any atom is -0.481 e. The Morgan fingerprint density at radius 1 is 1.32 bits per heavy atom. The van der Waals surface area contributed by atoms with Crippen molar-refractivity contribution in [3.63, 3.8) is 0 Å². The summed E-state index contributed by atoms with van der Waals surface area (Å²) in [5.41, 5.74) is 3.47. The molecular weight excluding hydrogens is 360 g/mol. The molecule has 0 spiro atoms. The number of carboxylic acids is 1. The van der Waals surface area contributed by atoms with E-state index in [2.05, 4.69) is 5.48 Å². The molecule has 0 saturated carbocycles. The third-order valence-corrected chi connectivity index (χ3v) is 4.90. The lowest BCUT2D eigenvalue weighted by atomic mass is 10.1.